The average Bonchev–Trinajstić information content (AvgIpc) is 2.82. The molecule has 0 aliphatic heterocycles. The van der Waals surface area contributed by atoms with Crippen molar-refractivity contribution in [2.75, 3.05) is 81.8 Å². The van der Waals surface area contributed by atoms with E-state index in [-0.39, 0.29) is 37.0 Å². The van der Waals surface area contributed by atoms with Gasteiger partial charge in [0.1, 0.15) is 31.8 Å². The molecule has 1 aromatic carbocycles. The van der Waals surface area contributed by atoms with Crippen molar-refractivity contribution in [3.63, 3.8) is 0 Å². The van der Waals surface area contributed by atoms with Gasteiger partial charge in [0.05, 0.1) is 62.1 Å². The molecule has 3 N–H and O–H groups in total. The number of carbonyl (C=O) groups is 2. The summed E-state index contributed by atoms with van der Waals surface area (Å²) in [5, 5.41) is 22.3. The van der Waals surface area contributed by atoms with Gasteiger partial charge in [-0.3, -0.25) is 4.79 Å². The number of carbonyl (C=O) groups excluding carboxylic acids is 2. The molecule has 10 nitrogen and oxygen atoms in total. The van der Waals surface area contributed by atoms with Crippen LogP contribution >= 0.6 is 0 Å². The Hall–Kier alpha value is -2.40. The second-order valence-electron chi connectivity index (χ2n) is 12.2. The molecule has 0 aliphatic carbocycles. The number of phenolic OH excluding ortho intramolecular Hbond substituents is 2. The van der Waals surface area contributed by atoms with Crippen molar-refractivity contribution in [1.29, 1.82) is 0 Å². The number of nitrogens with one attached hydrogen (secondary N) is 1. The number of amides is 1. The first-order valence-electron chi connectivity index (χ1n) is 14.0. The third kappa shape index (κ3) is 17.0. The molecule has 0 saturated carbocycles. The van der Waals surface area contributed by atoms with Crippen LogP contribution < -0.4 is 5.32 Å². The zero-order valence-electron chi connectivity index (χ0n) is 25.2. The van der Waals surface area contributed by atoms with Crippen LogP contribution in [0.2, 0.25) is 0 Å². The van der Waals surface area contributed by atoms with Crippen LogP contribution in [0.4, 0.5) is 0 Å². The molecule has 0 fully saturated rings. The number of esters is 1. The van der Waals surface area contributed by atoms with Gasteiger partial charge in [0, 0.05) is 12.8 Å². The van der Waals surface area contributed by atoms with Gasteiger partial charge < -0.3 is 38.7 Å². The Kier molecular flexibility index (Phi) is 15.4. The van der Waals surface area contributed by atoms with Crippen molar-refractivity contribution in [1.82, 2.24) is 5.32 Å². The Morgan fingerprint density at radius 3 is 2.18 bits per heavy atom. The highest BCUT2D eigenvalue weighted by molar-refractivity contribution is 5.84. The minimum absolute atomic E-state index is 0.00987. The first-order valence-corrected chi connectivity index (χ1v) is 14.0. The highest BCUT2D eigenvalue weighted by Gasteiger charge is 2.25. The summed E-state index contributed by atoms with van der Waals surface area (Å²) in [6.45, 7) is 5.02. The highest BCUT2D eigenvalue weighted by atomic mass is 16.6. The summed E-state index contributed by atoms with van der Waals surface area (Å²) >= 11 is 0. The Balaban J connectivity index is 2.85. The van der Waals surface area contributed by atoms with Gasteiger partial charge in [0.2, 0.25) is 5.91 Å². The van der Waals surface area contributed by atoms with Crippen LogP contribution in [0, 0.1) is 0 Å². The van der Waals surface area contributed by atoms with E-state index in [1.807, 2.05) is 0 Å². The number of ether oxygens (including phenoxy) is 3. The molecule has 2 atom stereocenters. The molecule has 0 spiro atoms. The lowest BCUT2D eigenvalue weighted by Crippen LogP contribution is -2.44. The van der Waals surface area contributed by atoms with Crippen molar-refractivity contribution in [3.05, 3.63) is 23.8 Å². The van der Waals surface area contributed by atoms with Crippen molar-refractivity contribution < 1.29 is 43.0 Å². The number of benzene rings is 1. The van der Waals surface area contributed by atoms with E-state index >= 15 is 0 Å². The lowest BCUT2D eigenvalue weighted by Gasteiger charge is -2.26. The summed E-state index contributed by atoms with van der Waals surface area (Å²) in [6.07, 6.45) is 3.80. The first-order chi connectivity index (χ1) is 18.2. The van der Waals surface area contributed by atoms with Gasteiger partial charge in [-0.25, -0.2) is 4.79 Å². The summed E-state index contributed by atoms with van der Waals surface area (Å²) in [5.41, 5.74) is 0.581. The van der Waals surface area contributed by atoms with E-state index in [0.29, 0.717) is 25.2 Å². The van der Waals surface area contributed by atoms with Gasteiger partial charge >= 0.3 is 5.97 Å². The fraction of sp³-hybridized carbons (Fsp3) is 0.724. The Labute approximate surface area is 235 Å². The second kappa shape index (κ2) is 17.3. The van der Waals surface area contributed by atoms with Crippen molar-refractivity contribution >= 4 is 11.9 Å². The third-order valence-corrected chi connectivity index (χ3v) is 6.09. The zero-order valence-corrected chi connectivity index (χ0v) is 25.2. The van der Waals surface area contributed by atoms with E-state index in [2.05, 4.69) is 54.5 Å². The van der Waals surface area contributed by atoms with E-state index in [4.69, 9.17) is 14.2 Å². The fourth-order valence-corrected chi connectivity index (χ4v) is 3.57. The van der Waals surface area contributed by atoms with Crippen LogP contribution in [-0.2, 0) is 30.2 Å². The number of quaternary nitrogens is 2. The Morgan fingerprint density at radius 1 is 0.897 bits per heavy atom. The number of likely N-dealkylation sites (N-methyl/N-ethyl adjacent to an activating group) is 2. The maximum absolute atomic E-state index is 13.2. The van der Waals surface area contributed by atoms with Crippen LogP contribution in [0.1, 0.15) is 44.6 Å². The van der Waals surface area contributed by atoms with E-state index in [1.54, 1.807) is 6.07 Å². The molecule has 1 unspecified atom stereocenters. The molecule has 0 radical (unpaired) electrons. The summed E-state index contributed by atoms with van der Waals surface area (Å²) in [4.78, 5) is 25.8. The van der Waals surface area contributed by atoms with E-state index in [9.17, 15) is 19.8 Å². The second-order valence-corrected chi connectivity index (χ2v) is 12.2. The average molecular weight is 556 g/mol. The van der Waals surface area contributed by atoms with Gasteiger partial charge in [-0.05, 0) is 24.1 Å². The lowest BCUT2D eigenvalue weighted by molar-refractivity contribution is -0.871. The molecule has 0 saturated heterocycles. The molecule has 10 heteroatoms. The van der Waals surface area contributed by atoms with Gasteiger partial charge in [0.25, 0.3) is 0 Å². The van der Waals surface area contributed by atoms with Gasteiger partial charge in [-0.1, -0.05) is 32.3 Å². The van der Waals surface area contributed by atoms with Gasteiger partial charge in [-0.15, -0.1) is 0 Å². The largest absolute Gasteiger partial charge is 0.504 e. The number of nitrogens with zero attached hydrogens (tertiary/aromatic N) is 2. The molecule has 0 aromatic heterocycles. The summed E-state index contributed by atoms with van der Waals surface area (Å²) in [6, 6.07) is 3.38. The maximum atomic E-state index is 13.2. The molecular formula is C29H53N3O7+2. The summed E-state index contributed by atoms with van der Waals surface area (Å²) in [7, 11) is 12.5. The third-order valence-electron chi connectivity index (χ3n) is 6.09. The fourth-order valence-electron chi connectivity index (χ4n) is 3.57. The smallest absolute Gasteiger partial charge is 0.329 e. The molecule has 1 rings (SSSR count). The predicted molar refractivity (Wildman–Crippen MR) is 151 cm³/mol. The number of hydrogen-bond acceptors (Lipinski definition) is 7. The van der Waals surface area contributed by atoms with Crippen molar-refractivity contribution in [2.24, 2.45) is 0 Å². The van der Waals surface area contributed by atoms with Crippen LogP contribution in [0.3, 0.4) is 0 Å². The molecule has 0 aliphatic rings. The predicted octanol–water partition coefficient (Wildman–Crippen LogP) is 2.45. The van der Waals surface area contributed by atoms with Crippen LogP contribution in [0.5, 0.6) is 11.5 Å². The molecule has 1 aromatic rings. The molecular weight excluding hydrogens is 502 g/mol. The molecule has 0 bridgehead atoms. The maximum Gasteiger partial charge on any atom is 0.329 e. The number of unbranched alkanes of at least 4 members (excludes halogenated alkanes) is 3. The molecule has 39 heavy (non-hydrogen) atoms. The quantitative estimate of drug-likeness (QED) is 0.0980. The number of phenols is 2. The first kappa shape index (κ1) is 34.6. The van der Waals surface area contributed by atoms with E-state index < -0.39 is 18.1 Å². The SMILES string of the molecule is CCCCCCC(=O)N[C@@H](Cc1ccc(O)c(O)c1)C(=O)OCC(COCC[N+](C)(C)C)OCC[N+](C)(C)C. The van der Waals surface area contributed by atoms with Crippen molar-refractivity contribution in [2.45, 2.75) is 57.6 Å². The van der Waals surface area contributed by atoms with E-state index in [0.717, 1.165) is 47.7 Å². The number of rotatable bonds is 20. The molecule has 224 valence electrons. The lowest BCUT2D eigenvalue weighted by atomic mass is 10.0. The minimum Gasteiger partial charge on any atom is -0.504 e. The minimum atomic E-state index is -0.946. The standard InChI is InChI=1S/C29H51N3O7/c1-8-9-10-11-12-28(35)30-25(19-23-13-14-26(33)27(34)20-23)29(36)39-22-24(38-18-16-32(5,6)7)21-37-17-15-31(2,3)4/h13-14,20,24-25H,8-12,15-19,21-22H2,1-7H3,(H-2,30,33,34,35)/p+2/t24?,25-/m0/s1. The van der Waals surface area contributed by atoms with Gasteiger partial charge in [-0.2, -0.15) is 0 Å². The van der Waals surface area contributed by atoms with Crippen LogP contribution in [0.15, 0.2) is 18.2 Å². The van der Waals surface area contributed by atoms with Gasteiger partial charge in [0.15, 0.2) is 11.5 Å². The van der Waals surface area contributed by atoms with Crippen LogP contribution in [0.25, 0.3) is 0 Å². The Morgan fingerprint density at radius 2 is 1.56 bits per heavy atom. The number of aromatic hydroxyl groups is 2. The molecule has 1 amide bonds. The zero-order chi connectivity index (χ0) is 29.5. The topological polar surface area (TPSA) is 114 Å². The number of hydrogen-bond donors (Lipinski definition) is 3. The Bertz CT molecular complexity index is 865. The highest BCUT2D eigenvalue weighted by Crippen LogP contribution is 2.25. The van der Waals surface area contributed by atoms with Crippen molar-refractivity contribution in [3.8, 4) is 11.5 Å². The summed E-state index contributed by atoms with van der Waals surface area (Å²) < 4.78 is 19.0. The summed E-state index contributed by atoms with van der Waals surface area (Å²) in [5.74, 6) is -1.36. The van der Waals surface area contributed by atoms with E-state index in [1.165, 1.54) is 12.1 Å². The van der Waals surface area contributed by atoms with Crippen LogP contribution in [-0.4, -0.2) is 125 Å². The monoisotopic (exact) mass is 555 g/mol. The normalized spacial score (nSPS) is 13.6. The molecule has 0 heterocycles.